The molecule has 0 aliphatic carbocycles. The first kappa shape index (κ1) is 10.9. The Morgan fingerprint density at radius 2 is 1.87 bits per heavy atom. The lowest BCUT2D eigenvalue weighted by Gasteiger charge is -2.43. The largest absolute Gasteiger partial charge is 0.508 e. The van der Waals surface area contributed by atoms with E-state index in [-0.39, 0.29) is 26.4 Å². The van der Waals surface area contributed by atoms with Crippen LogP contribution in [0.15, 0.2) is 0 Å². The quantitative estimate of drug-likeness (QED) is 0.523. The van der Waals surface area contributed by atoms with Crippen molar-refractivity contribution in [2.45, 2.75) is 0 Å². The topological polar surface area (TPSA) is 80.3 Å². The Morgan fingerprint density at radius 3 is 2.33 bits per heavy atom. The molecule has 3 aliphatic heterocycles. The molecular weight excluding hydrogens is 227 g/mol. The molecule has 2 bridgehead atoms. The van der Waals surface area contributed by atoms with E-state index in [0.717, 1.165) is 0 Å². The van der Waals surface area contributed by atoms with Gasteiger partial charge < -0.3 is 9.47 Å². The molecular formula is C7H11O7P. The third-order valence-electron chi connectivity index (χ3n) is 2.25. The minimum absolute atomic E-state index is 0.0552. The standard InChI is InChI=1S/C7H11O7P/c1-10-6(8)11-2-7-3-12-15(9,13-4-7)14-5-7/h2-5H2,1H3. The van der Waals surface area contributed by atoms with Crippen molar-refractivity contribution in [2.24, 2.45) is 5.41 Å². The summed E-state index contributed by atoms with van der Waals surface area (Å²) >= 11 is 0. The Balaban J connectivity index is 1.92. The Kier molecular flexibility index (Phi) is 2.72. The predicted octanol–water partition coefficient (Wildman–Crippen LogP) is 0.941. The van der Waals surface area contributed by atoms with E-state index in [9.17, 15) is 9.36 Å². The summed E-state index contributed by atoms with van der Waals surface area (Å²) in [6.07, 6.45) is -0.774. The molecule has 0 unspecified atom stereocenters. The van der Waals surface area contributed by atoms with Gasteiger partial charge in [0.1, 0.15) is 6.61 Å². The maximum Gasteiger partial charge on any atom is 0.508 e. The van der Waals surface area contributed by atoms with Gasteiger partial charge in [-0.25, -0.2) is 9.36 Å². The third kappa shape index (κ3) is 2.15. The second-order valence-electron chi connectivity index (χ2n) is 3.51. The zero-order valence-electron chi connectivity index (χ0n) is 8.13. The monoisotopic (exact) mass is 238 g/mol. The summed E-state index contributed by atoms with van der Waals surface area (Å²) in [7, 11) is -2.08. The van der Waals surface area contributed by atoms with Crippen LogP contribution >= 0.6 is 7.82 Å². The molecule has 3 aliphatic rings. The van der Waals surface area contributed by atoms with Gasteiger partial charge in [0, 0.05) is 0 Å². The second kappa shape index (κ2) is 3.75. The van der Waals surface area contributed by atoms with Crippen LogP contribution in [0.3, 0.4) is 0 Å². The van der Waals surface area contributed by atoms with Crippen LogP contribution in [0, 0.1) is 5.41 Å². The summed E-state index contributed by atoms with van der Waals surface area (Å²) < 4.78 is 35.2. The summed E-state index contributed by atoms with van der Waals surface area (Å²) in [5.74, 6) is 0. The van der Waals surface area contributed by atoms with Gasteiger partial charge >= 0.3 is 14.0 Å². The lowest BCUT2D eigenvalue weighted by molar-refractivity contribution is -0.119. The van der Waals surface area contributed by atoms with Crippen molar-refractivity contribution in [3.63, 3.8) is 0 Å². The summed E-state index contributed by atoms with van der Waals surface area (Å²) in [4.78, 5) is 10.8. The first-order valence-corrected chi connectivity index (χ1v) is 5.78. The zero-order valence-corrected chi connectivity index (χ0v) is 9.03. The fourth-order valence-electron chi connectivity index (χ4n) is 1.28. The molecule has 0 aromatic heterocycles. The molecule has 15 heavy (non-hydrogen) atoms. The van der Waals surface area contributed by atoms with Crippen molar-refractivity contribution in [1.29, 1.82) is 0 Å². The van der Waals surface area contributed by atoms with Crippen LogP contribution in [-0.2, 0) is 27.6 Å². The summed E-state index contributed by atoms with van der Waals surface area (Å²) in [5.41, 5.74) is -0.569. The van der Waals surface area contributed by atoms with Gasteiger partial charge in [0.15, 0.2) is 0 Å². The summed E-state index contributed by atoms with van der Waals surface area (Å²) in [6, 6.07) is 0. The molecule has 86 valence electrons. The maximum atomic E-state index is 11.4. The number of carbonyl (C=O) groups excluding carboxylic acids is 1. The molecule has 0 radical (unpaired) electrons. The Morgan fingerprint density at radius 1 is 1.33 bits per heavy atom. The molecule has 0 amide bonds. The number of hydrogen-bond donors (Lipinski definition) is 0. The molecule has 3 rings (SSSR count). The van der Waals surface area contributed by atoms with Crippen LogP contribution < -0.4 is 0 Å². The van der Waals surface area contributed by atoms with Crippen molar-refractivity contribution < 1.29 is 32.4 Å². The van der Waals surface area contributed by atoms with Crippen molar-refractivity contribution in [2.75, 3.05) is 33.5 Å². The van der Waals surface area contributed by atoms with E-state index in [4.69, 9.17) is 18.3 Å². The Bertz CT molecular complexity index is 283. The minimum atomic E-state index is -3.30. The molecule has 0 spiro atoms. The average Bonchev–Trinajstić information content (AvgIpc) is 2.28. The SMILES string of the molecule is COC(=O)OCC12COP(=O)(OC1)OC2. The van der Waals surface area contributed by atoms with E-state index in [1.807, 2.05) is 0 Å². The molecule has 3 saturated heterocycles. The summed E-state index contributed by atoms with van der Waals surface area (Å²) in [6.45, 7) is 0.642. The number of ether oxygens (including phenoxy) is 2. The van der Waals surface area contributed by atoms with Gasteiger partial charge in [0.2, 0.25) is 0 Å². The van der Waals surface area contributed by atoms with Crippen LogP contribution in [0.5, 0.6) is 0 Å². The smallest absolute Gasteiger partial charge is 0.438 e. The molecule has 3 heterocycles. The third-order valence-corrected chi connectivity index (χ3v) is 3.59. The molecule has 0 saturated carbocycles. The second-order valence-corrected chi connectivity index (χ2v) is 5.18. The normalized spacial score (nSPS) is 38.7. The minimum Gasteiger partial charge on any atom is -0.438 e. The van der Waals surface area contributed by atoms with Crippen LogP contribution in [0.4, 0.5) is 4.79 Å². The van der Waals surface area contributed by atoms with Gasteiger partial charge in [0.25, 0.3) is 0 Å². The first-order valence-electron chi connectivity index (χ1n) is 4.32. The molecule has 0 aromatic carbocycles. The van der Waals surface area contributed by atoms with Crippen LogP contribution in [0.2, 0.25) is 0 Å². The Hall–Kier alpha value is -0.620. The van der Waals surface area contributed by atoms with Crippen molar-refractivity contribution in [3.05, 3.63) is 0 Å². The zero-order chi connectivity index (χ0) is 10.9. The number of methoxy groups -OCH3 is 1. The molecule has 3 fully saturated rings. The fraction of sp³-hybridized carbons (Fsp3) is 0.857. The van der Waals surface area contributed by atoms with Crippen molar-refractivity contribution in [1.82, 2.24) is 0 Å². The Labute approximate surface area is 86.2 Å². The van der Waals surface area contributed by atoms with Gasteiger partial charge in [-0.2, -0.15) is 0 Å². The maximum absolute atomic E-state index is 11.4. The molecule has 8 heteroatoms. The number of phosphoric ester groups is 1. The highest BCUT2D eigenvalue weighted by molar-refractivity contribution is 7.48. The van der Waals surface area contributed by atoms with Gasteiger partial charge in [-0.3, -0.25) is 13.6 Å². The van der Waals surface area contributed by atoms with E-state index >= 15 is 0 Å². The van der Waals surface area contributed by atoms with Gasteiger partial charge in [-0.05, 0) is 0 Å². The molecule has 0 atom stereocenters. The number of rotatable bonds is 2. The highest BCUT2D eigenvalue weighted by atomic mass is 31.2. The lowest BCUT2D eigenvalue weighted by Crippen LogP contribution is -2.48. The van der Waals surface area contributed by atoms with Crippen LogP contribution in [0.1, 0.15) is 0 Å². The number of hydrogen-bond acceptors (Lipinski definition) is 7. The van der Waals surface area contributed by atoms with E-state index < -0.39 is 19.4 Å². The van der Waals surface area contributed by atoms with Gasteiger partial charge in [-0.1, -0.05) is 0 Å². The van der Waals surface area contributed by atoms with E-state index in [0.29, 0.717) is 0 Å². The first-order chi connectivity index (χ1) is 7.08. The van der Waals surface area contributed by atoms with Crippen molar-refractivity contribution >= 4 is 14.0 Å². The molecule has 0 aromatic rings. The molecule has 0 N–H and O–H groups in total. The number of fused-ring (bicyclic) bond motifs is 3. The lowest BCUT2D eigenvalue weighted by atomic mass is 9.92. The highest BCUT2D eigenvalue weighted by Crippen LogP contribution is 2.59. The average molecular weight is 238 g/mol. The van der Waals surface area contributed by atoms with Gasteiger partial charge in [-0.15, -0.1) is 0 Å². The predicted molar refractivity (Wildman–Crippen MR) is 46.3 cm³/mol. The van der Waals surface area contributed by atoms with Crippen LogP contribution in [0.25, 0.3) is 0 Å². The van der Waals surface area contributed by atoms with E-state index in [2.05, 4.69) is 4.74 Å². The number of phosphoric acid groups is 1. The van der Waals surface area contributed by atoms with Crippen molar-refractivity contribution in [3.8, 4) is 0 Å². The highest BCUT2D eigenvalue weighted by Gasteiger charge is 2.51. The van der Waals surface area contributed by atoms with E-state index in [1.54, 1.807) is 0 Å². The van der Waals surface area contributed by atoms with Gasteiger partial charge in [0.05, 0.1) is 32.3 Å². The summed E-state index contributed by atoms with van der Waals surface area (Å²) in [5, 5.41) is 0. The fourth-order valence-corrected chi connectivity index (χ4v) is 2.80. The molecule has 7 nitrogen and oxygen atoms in total. The number of carbonyl (C=O) groups is 1. The van der Waals surface area contributed by atoms with E-state index in [1.165, 1.54) is 7.11 Å². The van der Waals surface area contributed by atoms with Crippen LogP contribution in [-0.4, -0.2) is 39.7 Å².